The van der Waals surface area contributed by atoms with Crippen molar-refractivity contribution in [1.29, 1.82) is 5.41 Å². The van der Waals surface area contributed by atoms with Crippen LogP contribution in [-0.4, -0.2) is 52.0 Å². The molecular formula is C27H28ClN6O2+. The van der Waals surface area contributed by atoms with E-state index in [0.717, 1.165) is 31.6 Å². The van der Waals surface area contributed by atoms with Crippen LogP contribution in [0, 0.1) is 11.3 Å². The van der Waals surface area contributed by atoms with Crippen molar-refractivity contribution in [3.63, 3.8) is 0 Å². The number of rotatable bonds is 8. The Morgan fingerprint density at radius 2 is 1.97 bits per heavy atom. The fourth-order valence-electron chi connectivity index (χ4n) is 4.29. The summed E-state index contributed by atoms with van der Waals surface area (Å²) < 4.78 is 0. The van der Waals surface area contributed by atoms with Crippen LogP contribution in [0.5, 0.6) is 0 Å². The zero-order chi connectivity index (χ0) is 25.5. The van der Waals surface area contributed by atoms with E-state index < -0.39 is 0 Å². The number of nitrogens with zero attached hydrogens (tertiary/aromatic N) is 3. The quantitative estimate of drug-likeness (QED) is 0.322. The van der Waals surface area contributed by atoms with Crippen molar-refractivity contribution in [2.75, 3.05) is 25.0 Å². The van der Waals surface area contributed by atoms with Gasteiger partial charge in [0.2, 0.25) is 5.91 Å². The number of likely N-dealkylation sites (tertiary alicyclic amines) is 1. The maximum absolute atomic E-state index is 12.5. The van der Waals surface area contributed by atoms with E-state index in [9.17, 15) is 9.59 Å². The lowest BCUT2D eigenvalue weighted by molar-refractivity contribution is -0.579. The molecule has 0 saturated carbocycles. The summed E-state index contributed by atoms with van der Waals surface area (Å²) in [7, 11) is 0. The molecule has 8 nitrogen and oxygen atoms in total. The highest BCUT2D eigenvalue weighted by molar-refractivity contribution is 6.33. The average molecular weight is 504 g/mol. The molecule has 0 bridgehead atoms. The number of nitrogens with two attached hydrogens (primary N) is 1. The van der Waals surface area contributed by atoms with Gasteiger partial charge in [-0.05, 0) is 43.2 Å². The summed E-state index contributed by atoms with van der Waals surface area (Å²) in [4.78, 5) is 34.7. The van der Waals surface area contributed by atoms with Crippen molar-refractivity contribution < 1.29 is 14.9 Å². The number of carbonyl (C=O) groups is 2. The second-order valence-electron chi connectivity index (χ2n) is 8.64. The molecule has 1 aliphatic rings. The van der Waals surface area contributed by atoms with Crippen molar-refractivity contribution in [2.24, 2.45) is 5.92 Å². The summed E-state index contributed by atoms with van der Waals surface area (Å²) in [6.45, 7) is 5.75. The monoisotopic (exact) mass is 503 g/mol. The third kappa shape index (κ3) is 6.02. The maximum atomic E-state index is 12.5. The Bertz CT molecular complexity index is 1260. The Hall–Kier alpha value is -3.88. The molecule has 0 aliphatic carbocycles. The number of amides is 2. The van der Waals surface area contributed by atoms with Gasteiger partial charge in [0.1, 0.15) is 10.8 Å². The number of benzene rings is 1. The van der Waals surface area contributed by atoms with Crippen molar-refractivity contribution in [2.45, 2.75) is 12.8 Å². The van der Waals surface area contributed by atoms with Crippen molar-refractivity contribution in [3.8, 4) is 0 Å². The van der Waals surface area contributed by atoms with E-state index >= 15 is 0 Å². The molecular weight excluding hydrogens is 476 g/mol. The molecule has 3 heterocycles. The van der Waals surface area contributed by atoms with Crippen LogP contribution in [-0.2, 0) is 4.79 Å². The summed E-state index contributed by atoms with van der Waals surface area (Å²) in [5.74, 6) is 0.466. The largest absolute Gasteiger partial charge is 0.339 e. The summed E-state index contributed by atoms with van der Waals surface area (Å²) in [6.07, 6.45) is 8.15. The van der Waals surface area contributed by atoms with E-state index in [4.69, 9.17) is 17.0 Å². The SMILES string of the molecule is C=CC(=O)N1CCC[C@H](C[NH2+]c2c(Cl)cncc2C(=N)c2ccc(C(=O)Nc3ccccn3)cc2)C1. The predicted molar refractivity (Wildman–Crippen MR) is 140 cm³/mol. The molecule has 184 valence electrons. The summed E-state index contributed by atoms with van der Waals surface area (Å²) in [5, 5.41) is 14.1. The topological polar surface area (TPSA) is 116 Å². The summed E-state index contributed by atoms with van der Waals surface area (Å²) in [5.41, 5.74) is 2.73. The smallest absolute Gasteiger partial charge is 0.256 e. The molecule has 1 aliphatic heterocycles. The molecule has 4 N–H and O–H groups in total. The number of carbonyl (C=O) groups excluding carboxylic acids is 2. The van der Waals surface area contributed by atoms with Crippen LogP contribution in [0.15, 0.2) is 73.7 Å². The molecule has 1 atom stereocenters. The van der Waals surface area contributed by atoms with E-state index in [-0.39, 0.29) is 17.5 Å². The fraction of sp³-hybridized carbons (Fsp3) is 0.222. The van der Waals surface area contributed by atoms with Crippen LogP contribution in [0.3, 0.4) is 0 Å². The average Bonchev–Trinajstić information content (AvgIpc) is 2.92. The first-order valence-corrected chi connectivity index (χ1v) is 12.1. The Kier molecular flexibility index (Phi) is 8.20. The van der Waals surface area contributed by atoms with Crippen molar-refractivity contribution in [3.05, 3.63) is 95.4 Å². The number of anilines is 1. The van der Waals surface area contributed by atoms with Gasteiger partial charge >= 0.3 is 0 Å². The molecule has 4 rings (SSSR count). The van der Waals surface area contributed by atoms with Gasteiger partial charge < -0.3 is 15.5 Å². The third-order valence-electron chi connectivity index (χ3n) is 6.21. The van der Waals surface area contributed by atoms with Crippen molar-refractivity contribution in [1.82, 2.24) is 14.9 Å². The van der Waals surface area contributed by atoms with E-state index in [2.05, 4.69) is 21.9 Å². The molecule has 1 aromatic carbocycles. The Balaban J connectivity index is 1.45. The number of nitrogens with one attached hydrogen (secondary N) is 2. The first-order valence-electron chi connectivity index (χ1n) is 11.8. The van der Waals surface area contributed by atoms with Gasteiger partial charge in [0, 0.05) is 42.5 Å². The van der Waals surface area contributed by atoms with Crippen molar-refractivity contribution >= 4 is 40.6 Å². The molecule has 9 heteroatoms. The molecule has 0 spiro atoms. The zero-order valence-electron chi connectivity index (χ0n) is 19.8. The van der Waals surface area contributed by atoms with Crippen LogP contribution in [0.1, 0.15) is 34.3 Å². The van der Waals surface area contributed by atoms with E-state index in [1.807, 2.05) is 10.2 Å². The lowest BCUT2D eigenvalue weighted by atomic mass is 9.97. The highest BCUT2D eigenvalue weighted by atomic mass is 35.5. The minimum absolute atomic E-state index is 0.0405. The lowest BCUT2D eigenvalue weighted by Crippen LogP contribution is -2.81. The summed E-state index contributed by atoms with van der Waals surface area (Å²) in [6, 6.07) is 12.1. The van der Waals surface area contributed by atoms with Crippen LogP contribution >= 0.6 is 11.6 Å². The maximum Gasteiger partial charge on any atom is 0.256 e. The van der Waals surface area contributed by atoms with Crippen LogP contribution in [0.2, 0.25) is 5.02 Å². The number of piperidine rings is 1. The standard InChI is InChI=1S/C27H27ClN6O2/c1-2-24(35)34-13-5-6-18(17-34)14-32-26-21(15-30-16-22(26)28)25(29)19-8-10-20(11-9-19)27(36)33-23-7-3-4-12-31-23/h2-4,7-12,15-16,18,29H,1,5-6,13-14,17H2,(H,30,32)(H,31,33,36)/p+1/t18-/m1/s1. The minimum atomic E-state index is -0.276. The Labute approximate surface area is 214 Å². The molecule has 2 amide bonds. The third-order valence-corrected chi connectivity index (χ3v) is 6.51. The fourth-order valence-corrected chi connectivity index (χ4v) is 4.53. The van der Waals surface area contributed by atoms with Gasteiger partial charge in [0.25, 0.3) is 5.91 Å². The predicted octanol–water partition coefficient (Wildman–Crippen LogP) is 3.42. The number of hydrogen-bond donors (Lipinski definition) is 3. The zero-order valence-corrected chi connectivity index (χ0v) is 20.5. The van der Waals surface area contributed by atoms with Gasteiger partial charge in [-0.15, -0.1) is 0 Å². The van der Waals surface area contributed by atoms with Crippen LogP contribution < -0.4 is 10.6 Å². The first kappa shape index (κ1) is 25.2. The number of halogens is 1. The van der Waals surface area contributed by atoms with Crippen LogP contribution in [0.4, 0.5) is 11.5 Å². The second kappa shape index (κ2) is 11.7. The molecule has 3 aromatic rings. The van der Waals surface area contributed by atoms with E-state index in [0.29, 0.717) is 40.0 Å². The van der Waals surface area contributed by atoms with Gasteiger partial charge in [-0.1, -0.05) is 36.4 Å². The number of pyridine rings is 2. The number of quaternary nitrogens is 1. The molecule has 0 unspecified atom stereocenters. The van der Waals surface area contributed by atoms with Crippen LogP contribution in [0.25, 0.3) is 0 Å². The number of hydrogen-bond acceptors (Lipinski definition) is 5. The highest BCUT2D eigenvalue weighted by Gasteiger charge is 2.25. The molecule has 0 radical (unpaired) electrons. The van der Waals surface area contributed by atoms with Gasteiger partial charge in [-0.3, -0.25) is 20.0 Å². The van der Waals surface area contributed by atoms with E-state index in [1.54, 1.807) is 61.1 Å². The first-order chi connectivity index (χ1) is 17.5. The Morgan fingerprint density at radius 3 is 2.69 bits per heavy atom. The van der Waals surface area contributed by atoms with Gasteiger partial charge in [-0.2, -0.15) is 0 Å². The number of aromatic nitrogens is 2. The summed E-state index contributed by atoms with van der Waals surface area (Å²) >= 11 is 6.50. The van der Waals surface area contributed by atoms with Gasteiger partial charge in [-0.25, -0.2) is 4.98 Å². The normalized spacial score (nSPS) is 15.2. The molecule has 36 heavy (non-hydrogen) atoms. The molecule has 1 saturated heterocycles. The Morgan fingerprint density at radius 1 is 1.19 bits per heavy atom. The molecule has 2 aromatic heterocycles. The van der Waals surface area contributed by atoms with Gasteiger partial charge in [0.05, 0.1) is 24.0 Å². The highest BCUT2D eigenvalue weighted by Crippen LogP contribution is 2.24. The molecule has 1 fully saturated rings. The second-order valence-corrected chi connectivity index (χ2v) is 9.05. The minimum Gasteiger partial charge on any atom is -0.339 e. The van der Waals surface area contributed by atoms with E-state index in [1.165, 1.54) is 6.08 Å². The van der Waals surface area contributed by atoms with Gasteiger partial charge in [0.15, 0.2) is 5.69 Å². The lowest BCUT2D eigenvalue weighted by Gasteiger charge is -2.31.